The van der Waals surface area contributed by atoms with E-state index in [1.54, 1.807) is 18.2 Å². The second-order valence-corrected chi connectivity index (χ2v) is 10.3. The Bertz CT molecular complexity index is 1230. The Hall–Kier alpha value is -3.16. The number of benzene rings is 3. The molecular formula is C26H29N3O3S. The van der Waals surface area contributed by atoms with E-state index in [1.165, 1.54) is 10.4 Å². The van der Waals surface area contributed by atoms with Crippen LogP contribution in [0, 0.1) is 0 Å². The summed E-state index contributed by atoms with van der Waals surface area (Å²) in [6, 6.07) is 23.8. The zero-order chi connectivity index (χ0) is 23.4. The first kappa shape index (κ1) is 23.0. The summed E-state index contributed by atoms with van der Waals surface area (Å²) in [4.78, 5) is 15.1. The lowest BCUT2D eigenvalue weighted by Crippen LogP contribution is -2.36. The minimum absolute atomic E-state index is 0.00640. The van der Waals surface area contributed by atoms with Crippen molar-refractivity contribution in [3.63, 3.8) is 0 Å². The van der Waals surface area contributed by atoms with Gasteiger partial charge in [-0.1, -0.05) is 54.6 Å². The number of nitrogens with zero attached hydrogens (tertiary/aromatic N) is 2. The third-order valence-electron chi connectivity index (χ3n) is 6.02. The van der Waals surface area contributed by atoms with Gasteiger partial charge in [0.05, 0.1) is 16.6 Å². The molecule has 3 aromatic rings. The maximum absolute atomic E-state index is 13.5. The van der Waals surface area contributed by atoms with Gasteiger partial charge in [-0.25, -0.2) is 8.42 Å². The van der Waals surface area contributed by atoms with Gasteiger partial charge < -0.3 is 10.2 Å². The number of nitrogens with one attached hydrogen (secondary N) is 1. The van der Waals surface area contributed by atoms with Gasteiger partial charge >= 0.3 is 0 Å². The highest BCUT2D eigenvalue weighted by Crippen LogP contribution is 2.32. The smallest absolute Gasteiger partial charge is 0.264 e. The van der Waals surface area contributed by atoms with Gasteiger partial charge in [0, 0.05) is 18.7 Å². The molecule has 7 heteroatoms. The molecule has 3 aromatic carbocycles. The summed E-state index contributed by atoms with van der Waals surface area (Å²) in [5, 5.41) is 2.96. The molecule has 0 radical (unpaired) electrons. The van der Waals surface area contributed by atoms with Gasteiger partial charge in [-0.15, -0.1) is 0 Å². The number of amides is 1. The fourth-order valence-corrected chi connectivity index (χ4v) is 5.83. The van der Waals surface area contributed by atoms with Gasteiger partial charge in [0.15, 0.2) is 0 Å². The fourth-order valence-electron chi connectivity index (χ4n) is 4.24. The molecule has 0 aromatic heterocycles. The van der Waals surface area contributed by atoms with Crippen molar-refractivity contribution in [2.24, 2.45) is 0 Å². The van der Waals surface area contributed by atoms with Crippen molar-refractivity contribution in [2.75, 3.05) is 31.5 Å². The summed E-state index contributed by atoms with van der Waals surface area (Å²) in [6.07, 6.45) is 1.63. The normalized spacial score (nSPS) is 14.6. The summed E-state index contributed by atoms with van der Waals surface area (Å²) in [6.45, 7) is 0.837. The van der Waals surface area contributed by atoms with Crippen LogP contribution in [-0.4, -0.2) is 46.4 Å². The molecular weight excluding hydrogens is 434 g/mol. The second-order valence-electron chi connectivity index (χ2n) is 8.44. The van der Waals surface area contributed by atoms with Crippen LogP contribution in [0.25, 0.3) is 0 Å². The maximum Gasteiger partial charge on any atom is 0.264 e. The van der Waals surface area contributed by atoms with Crippen LogP contribution in [-0.2, 0) is 16.4 Å². The molecule has 0 spiro atoms. The summed E-state index contributed by atoms with van der Waals surface area (Å²) in [7, 11) is 0.157. The van der Waals surface area contributed by atoms with E-state index in [-0.39, 0.29) is 16.8 Å². The highest BCUT2D eigenvalue weighted by Gasteiger charge is 2.29. The summed E-state index contributed by atoms with van der Waals surface area (Å²) >= 11 is 0. The van der Waals surface area contributed by atoms with E-state index in [4.69, 9.17) is 0 Å². The average Bonchev–Trinajstić information content (AvgIpc) is 2.84. The minimum Gasteiger partial charge on any atom is -0.350 e. The number of sulfonamides is 1. The third kappa shape index (κ3) is 4.94. The Morgan fingerprint density at radius 2 is 1.73 bits per heavy atom. The first-order valence-electron chi connectivity index (χ1n) is 11.1. The summed E-state index contributed by atoms with van der Waals surface area (Å²) in [5.41, 5.74) is 3.17. The number of aryl methyl sites for hydroxylation is 1. The highest BCUT2D eigenvalue weighted by molar-refractivity contribution is 7.92. The fraction of sp³-hybridized carbons (Fsp3) is 0.269. The molecule has 0 saturated carbocycles. The van der Waals surface area contributed by atoms with Crippen molar-refractivity contribution in [1.29, 1.82) is 0 Å². The zero-order valence-electron chi connectivity index (χ0n) is 18.9. The monoisotopic (exact) mass is 463 g/mol. The molecule has 33 heavy (non-hydrogen) atoms. The molecule has 0 saturated heterocycles. The number of likely N-dealkylation sites (N-methyl/N-ethyl adjacent to an activating group) is 1. The Balaban J connectivity index is 1.54. The number of hydrogen-bond acceptors (Lipinski definition) is 4. The number of hydrogen-bond donors (Lipinski definition) is 1. The molecule has 1 amide bonds. The van der Waals surface area contributed by atoms with Crippen LogP contribution in [0.3, 0.4) is 0 Å². The molecule has 6 nitrogen and oxygen atoms in total. The number of carbonyl (C=O) groups excluding carboxylic acids is 1. The van der Waals surface area contributed by atoms with E-state index < -0.39 is 10.0 Å². The lowest BCUT2D eigenvalue weighted by Gasteiger charge is -2.30. The molecule has 1 atom stereocenters. The largest absolute Gasteiger partial charge is 0.350 e. The highest BCUT2D eigenvalue weighted by atomic mass is 32.2. The van der Waals surface area contributed by atoms with E-state index in [0.717, 1.165) is 29.7 Å². The number of para-hydroxylation sites is 1. The minimum atomic E-state index is -3.77. The molecule has 172 valence electrons. The Labute approximate surface area is 195 Å². The standard InChI is InChI=1S/C26H29N3O3S/c1-28(2)25(21-10-4-3-5-11-21)19-27-26(30)22-13-8-15-23(18-22)33(31,32)29-17-9-14-20-12-6-7-16-24(20)29/h3-8,10-13,15-16,18,25H,9,14,17,19H2,1-2H3,(H,27,30). The SMILES string of the molecule is CN(C)C(CNC(=O)c1cccc(S(=O)(=O)N2CCCc3ccccc32)c1)c1ccccc1. The number of carbonyl (C=O) groups is 1. The molecule has 0 aliphatic carbocycles. The van der Waals surface area contributed by atoms with E-state index in [1.807, 2.05) is 73.6 Å². The molecule has 0 fully saturated rings. The van der Waals surface area contributed by atoms with Crippen LogP contribution in [0.15, 0.2) is 83.8 Å². The van der Waals surface area contributed by atoms with Crippen molar-refractivity contribution in [3.05, 3.63) is 95.6 Å². The van der Waals surface area contributed by atoms with Crippen LogP contribution in [0.4, 0.5) is 5.69 Å². The zero-order valence-corrected chi connectivity index (χ0v) is 19.8. The van der Waals surface area contributed by atoms with Gasteiger partial charge in [0.2, 0.25) is 0 Å². The molecule has 1 unspecified atom stereocenters. The van der Waals surface area contributed by atoms with Crippen molar-refractivity contribution in [2.45, 2.75) is 23.8 Å². The first-order chi connectivity index (χ1) is 15.9. The molecule has 1 heterocycles. The van der Waals surface area contributed by atoms with Gasteiger partial charge in [-0.3, -0.25) is 9.10 Å². The van der Waals surface area contributed by atoms with Crippen LogP contribution in [0.2, 0.25) is 0 Å². The third-order valence-corrected chi connectivity index (χ3v) is 7.82. The predicted molar refractivity (Wildman–Crippen MR) is 131 cm³/mol. The van der Waals surface area contributed by atoms with Gasteiger partial charge in [-0.2, -0.15) is 0 Å². The second kappa shape index (κ2) is 9.77. The Kier molecular flexibility index (Phi) is 6.81. The van der Waals surface area contributed by atoms with Crippen molar-refractivity contribution >= 4 is 21.6 Å². The molecule has 4 rings (SSSR count). The average molecular weight is 464 g/mol. The first-order valence-corrected chi connectivity index (χ1v) is 12.5. The number of rotatable bonds is 7. The Morgan fingerprint density at radius 3 is 2.48 bits per heavy atom. The van der Waals surface area contributed by atoms with E-state index in [2.05, 4.69) is 5.32 Å². The van der Waals surface area contributed by atoms with E-state index in [9.17, 15) is 13.2 Å². The number of fused-ring (bicyclic) bond motifs is 1. The van der Waals surface area contributed by atoms with E-state index >= 15 is 0 Å². The lowest BCUT2D eigenvalue weighted by molar-refractivity contribution is 0.0941. The van der Waals surface area contributed by atoms with Crippen molar-refractivity contribution in [1.82, 2.24) is 10.2 Å². The summed E-state index contributed by atoms with van der Waals surface area (Å²) < 4.78 is 28.4. The predicted octanol–water partition coefficient (Wildman–Crippen LogP) is 3.86. The molecule has 0 bridgehead atoms. The van der Waals surface area contributed by atoms with Gasteiger partial charge in [0.25, 0.3) is 15.9 Å². The van der Waals surface area contributed by atoms with Crippen LogP contribution in [0.5, 0.6) is 0 Å². The Morgan fingerprint density at radius 1 is 1.00 bits per heavy atom. The van der Waals surface area contributed by atoms with Crippen molar-refractivity contribution in [3.8, 4) is 0 Å². The van der Waals surface area contributed by atoms with Crippen LogP contribution in [0.1, 0.15) is 33.9 Å². The molecule has 1 aliphatic heterocycles. The van der Waals surface area contributed by atoms with Crippen LogP contribution < -0.4 is 9.62 Å². The summed E-state index contributed by atoms with van der Waals surface area (Å²) in [5.74, 6) is -0.297. The lowest BCUT2D eigenvalue weighted by atomic mass is 10.0. The maximum atomic E-state index is 13.5. The van der Waals surface area contributed by atoms with Gasteiger partial charge in [-0.05, 0) is 62.3 Å². The van der Waals surface area contributed by atoms with E-state index in [0.29, 0.717) is 18.7 Å². The molecule has 1 aliphatic rings. The quantitative estimate of drug-likeness (QED) is 0.578. The van der Waals surface area contributed by atoms with Crippen molar-refractivity contribution < 1.29 is 13.2 Å². The van der Waals surface area contributed by atoms with Crippen LogP contribution >= 0.6 is 0 Å². The van der Waals surface area contributed by atoms with Gasteiger partial charge in [0.1, 0.15) is 0 Å². The topological polar surface area (TPSA) is 69.7 Å². The molecule has 1 N–H and O–H groups in total. The number of anilines is 1.